The molecule has 0 saturated carbocycles. The number of halogens is 3. The fourth-order valence-electron chi connectivity index (χ4n) is 3.91. The Morgan fingerprint density at radius 1 is 1.27 bits per heavy atom. The zero-order valence-corrected chi connectivity index (χ0v) is 19.4. The molecule has 0 radical (unpaired) electrons. The number of likely N-dealkylation sites (tertiary alicyclic amines) is 1. The number of carbonyl (C=O) groups excluding carboxylic acids is 1. The molecular weight excluding hydrogens is 433 g/mol. The number of aliphatic hydroxyl groups is 1. The van der Waals surface area contributed by atoms with Crippen LogP contribution in [0.15, 0.2) is 59.3 Å². The molecule has 0 spiro atoms. The maximum atomic E-state index is 13.5. The van der Waals surface area contributed by atoms with Crippen LogP contribution < -0.4 is 4.74 Å². The minimum absolute atomic E-state index is 0.0218. The van der Waals surface area contributed by atoms with Gasteiger partial charge in [-0.25, -0.2) is 0 Å². The van der Waals surface area contributed by atoms with Gasteiger partial charge in [0, 0.05) is 25.3 Å². The molecule has 1 aromatic carbocycles. The predicted molar refractivity (Wildman–Crippen MR) is 123 cm³/mol. The normalized spacial score (nSPS) is 24.0. The number of nitrogens with zero attached hydrogens (tertiary/aromatic N) is 2. The van der Waals surface area contributed by atoms with Crippen LogP contribution in [-0.4, -0.2) is 67.2 Å². The van der Waals surface area contributed by atoms with E-state index in [0.29, 0.717) is 36.1 Å². The summed E-state index contributed by atoms with van der Waals surface area (Å²) < 4.78 is 45.6. The summed E-state index contributed by atoms with van der Waals surface area (Å²) in [6, 6.07) is 7.07. The van der Waals surface area contributed by atoms with Crippen LogP contribution in [0.1, 0.15) is 31.7 Å². The van der Waals surface area contributed by atoms with Gasteiger partial charge in [0.1, 0.15) is 12.4 Å². The molecule has 1 heterocycles. The molecule has 1 aliphatic carbocycles. The van der Waals surface area contributed by atoms with Crippen molar-refractivity contribution in [3.63, 3.8) is 0 Å². The van der Waals surface area contributed by atoms with E-state index in [2.05, 4.69) is 4.90 Å². The second-order valence-electron chi connectivity index (χ2n) is 8.27. The third kappa shape index (κ3) is 8.05. The fraction of sp³-hybridized carbons (Fsp3) is 0.480. The van der Waals surface area contributed by atoms with Gasteiger partial charge in [-0.05, 0) is 63.6 Å². The summed E-state index contributed by atoms with van der Waals surface area (Å²) in [6.07, 6.45) is 3.71. The second-order valence-corrected chi connectivity index (χ2v) is 8.27. The number of benzene rings is 1. The molecule has 3 rings (SSSR count). The van der Waals surface area contributed by atoms with E-state index in [1.165, 1.54) is 0 Å². The van der Waals surface area contributed by atoms with Crippen molar-refractivity contribution in [3.05, 3.63) is 64.9 Å². The summed E-state index contributed by atoms with van der Waals surface area (Å²) in [7, 11) is 3.79. The van der Waals surface area contributed by atoms with Crippen molar-refractivity contribution in [2.24, 2.45) is 0 Å². The number of alkyl halides is 3. The molecule has 2 aliphatic rings. The van der Waals surface area contributed by atoms with E-state index in [0.717, 1.165) is 25.1 Å². The van der Waals surface area contributed by atoms with Crippen LogP contribution in [0.2, 0.25) is 0 Å². The molecule has 33 heavy (non-hydrogen) atoms. The average Bonchev–Trinajstić information content (AvgIpc) is 3.20. The van der Waals surface area contributed by atoms with Crippen molar-refractivity contribution in [3.8, 4) is 5.75 Å². The van der Waals surface area contributed by atoms with Gasteiger partial charge in [-0.1, -0.05) is 29.9 Å². The lowest BCUT2D eigenvalue weighted by Crippen LogP contribution is -2.36. The van der Waals surface area contributed by atoms with Gasteiger partial charge >= 0.3 is 6.18 Å². The quantitative estimate of drug-likeness (QED) is 0.626. The second kappa shape index (κ2) is 12.6. The zero-order valence-electron chi connectivity index (χ0n) is 19.4. The Morgan fingerprint density at radius 2 is 1.97 bits per heavy atom. The first-order valence-electron chi connectivity index (χ1n) is 11.0. The minimum atomic E-state index is -4.31. The Labute approximate surface area is 193 Å². The molecule has 1 N–H and O–H groups in total. The van der Waals surface area contributed by atoms with Crippen LogP contribution in [0, 0.1) is 0 Å². The van der Waals surface area contributed by atoms with E-state index in [4.69, 9.17) is 9.84 Å². The van der Waals surface area contributed by atoms with Gasteiger partial charge in [-0.3, -0.25) is 4.79 Å². The molecule has 1 aromatic rings. The van der Waals surface area contributed by atoms with Crippen molar-refractivity contribution < 1.29 is 27.8 Å². The number of hydrogen-bond acceptors (Lipinski definition) is 5. The average molecular weight is 467 g/mol. The van der Waals surface area contributed by atoms with Crippen LogP contribution >= 0.6 is 0 Å². The maximum absolute atomic E-state index is 13.5. The van der Waals surface area contributed by atoms with E-state index in [1.54, 1.807) is 50.4 Å². The number of aliphatic hydroxyl groups excluding tert-OH is 1. The number of hydrogen-bond donors (Lipinski definition) is 1. The first-order valence-corrected chi connectivity index (χ1v) is 11.0. The SMILES string of the molecule is C\C1=C(C(F)(F)F)/C(N(C)[C@H]2CCN(C)C2)=C\C=C/CC1.O=CCOc1ccc(CO)cc1. The van der Waals surface area contributed by atoms with Gasteiger partial charge in [0.05, 0.1) is 12.2 Å². The molecular formula is C25H33F3N2O3. The topological polar surface area (TPSA) is 53.0 Å². The Hall–Kier alpha value is -2.58. The highest BCUT2D eigenvalue weighted by Crippen LogP contribution is 2.38. The Morgan fingerprint density at radius 3 is 2.52 bits per heavy atom. The van der Waals surface area contributed by atoms with Crippen LogP contribution in [0.25, 0.3) is 0 Å². The first kappa shape index (κ1) is 26.7. The van der Waals surface area contributed by atoms with Crippen molar-refractivity contribution in [2.75, 3.05) is 33.8 Å². The molecule has 1 fully saturated rings. The first-order chi connectivity index (χ1) is 15.7. The summed E-state index contributed by atoms with van der Waals surface area (Å²) in [5.74, 6) is 0.638. The van der Waals surface area contributed by atoms with Crippen LogP contribution in [0.3, 0.4) is 0 Å². The van der Waals surface area contributed by atoms with Crippen LogP contribution in [0.4, 0.5) is 13.2 Å². The number of ether oxygens (including phenoxy) is 1. The third-order valence-electron chi connectivity index (χ3n) is 5.76. The summed E-state index contributed by atoms with van der Waals surface area (Å²) in [5, 5.41) is 8.71. The van der Waals surface area contributed by atoms with Crippen molar-refractivity contribution >= 4 is 6.29 Å². The lowest BCUT2D eigenvalue weighted by molar-refractivity contribution is -0.109. The van der Waals surface area contributed by atoms with Gasteiger partial charge in [0.2, 0.25) is 0 Å². The van der Waals surface area contributed by atoms with Gasteiger partial charge in [-0.15, -0.1) is 0 Å². The summed E-state index contributed by atoms with van der Waals surface area (Å²) in [5.41, 5.74) is 1.10. The molecule has 1 aliphatic heterocycles. The molecule has 8 heteroatoms. The Bertz CT molecular complexity index is 861. The molecule has 182 valence electrons. The highest BCUT2D eigenvalue weighted by atomic mass is 19.4. The summed E-state index contributed by atoms with van der Waals surface area (Å²) >= 11 is 0. The standard InChI is InChI=1S/C16H23F3N2.C9H10O3/c1-12-7-5-4-6-8-14(15(12)16(17,18)19)21(3)13-9-10-20(2)11-13;10-5-6-12-9-3-1-8(7-11)2-4-9/h4,6,8,13H,5,7,9-11H2,1-3H3;1-5,11H,6-7H2/b6-4-,14-8+,15-12-;/t13-;/m0./s1. The Kier molecular flexibility index (Phi) is 10.2. The monoisotopic (exact) mass is 466 g/mol. The highest BCUT2D eigenvalue weighted by Gasteiger charge is 2.40. The van der Waals surface area contributed by atoms with Crippen molar-refractivity contribution in [1.82, 2.24) is 9.80 Å². The summed E-state index contributed by atoms with van der Waals surface area (Å²) in [4.78, 5) is 13.9. The predicted octanol–water partition coefficient (Wildman–Crippen LogP) is 4.49. The summed E-state index contributed by atoms with van der Waals surface area (Å²) in [6.45, 7) is 3.43. The van der Waals surface area contributed by atoms with Crippen LogP contribution in [0.5, 0.6) is 5.75 Å². The molecule has 0 amide bonds. The lowest BCUT2D eigenvalue weighted by Gasteiger charge is -2.32. The van der Waals surface area contributed by atoms with Crippen molar-refractivity contribution in [1.29, 1.82) is 0 Å². The third-order valence-corrected chi connectivity index (χ3v) is 5.76. The van der Waals surface area contributed by atoms with Gasteiger partial charge in [-0.2, -0.15) is 13.2 Å². The molecule has 5 nitrogen and oxygen atoms in total. The van der Waals surface area contributed by atoms with Gasteiger partial charge in [0.25, 0.3) is 0 Å². The minimum Gasteiger partial charge on any atom is -0.486 e. The lowest BCUT2D eigenvalue weighted by atomic mass is 9.97. The van der Waals surface area contributed by atoms with E-state index in [-0.39, 0.29) is 19.3 Å². The van der Waals surface area contributed by atoms with E-state index in [9.17, 15) is 18.0 Å². The molecule has 0 unspecified atom stereocenters. The van der Waals surface area contributed by atoms with E-state index in [1.807, 2.05) is 18.0 Å². The maximum Gasteiger partial charge on any atom is 0.418 e. The fourth-order valence-corrected chi connectivity index (χ4v) is 3.91. The molecule has 1 atom stereocenters. The number of allylic oxidation sites excluding steroid dienone is 5. The van der Waals surface area contributed by atoms with E-state index >= 15 is 0 Å². The number of carbonyl (C=O) groups is 1. The molecule has 0 bridgehead atoms. The zero-order chi connectivity index (χ0) is 24.4. The van der Waals surface area contributed by atoms with Crippen molar-refractivity contribution in [2.45, 2.75) is 45.0 Å². The van der Waals surface area contributed by atoms with Crippen LogP contribution in [-0.2, 0) is 11.4 Å². The molecule has 0 aromatic heterocycles. The van der Waals surface area contributed by atoms with Gasteiger partial charge in [0.15, 0.2) is 6.29 Å². The highest BCUT2D eigenvalue weighted by molar-refractivity contribution is 5.51. The van der Waals surface area contributed by atoms with E-state index < -0.39 is 11.7 Å². The number of aldehydes is 1. The Balaban J connectivity index is 0.000000273. The number of likely N-dealkylation sites (N-methyl/N-ethyl adjacent to an activating group) is 2. The molecule has 1 saturated heterocycles. The van der Waals surface area contributed by atoms with Gasteiger partial charge < -0.3 is 19.6 Å². The smallest absolute Gasteiger partial charge is 0.418 e. The number of rotatable bonds is 6. The largest absolute Gasteiger partial charge is 0.486 e.